The third kappa shape index (κ3) is 11.3. The lowest BCUT2D eigenvalue weighted by Gasteiger charge is -2.09. The number of ether oxygens (including phenoxy) is 3. The molecule has 0 aromatic carbocycles. The highest BCUT2D eigenvalue weighted by molar-refractivity contribution is 5.65. The molecule has 1 aliphatic heterocycles. The summed E-state index contributed by atoms with van der Waals surface area (Å²) in [6.45, 7) is 4.42. The summed E-state index contributed by atoms with van der Waals surface area (Å²) >= 11 is 0. The van der Waals surface area contributed by atoms with Gasteiger partial charge in [0.2, 0.25) is 0 Å². The van der Waals surface area contributed by atoms with E-state index in [1.54, 1.807) is 0 Å². The highest BCUT2D eigenvalue weighted by atomic mass is 16.6. The minimum Gasteiger partial charge on any atom is -0.463 e. The molecule has 0 spiro atoms. The molecular formula is C8H16O5. The van der Waals surface area contributed by atoms with Gasteiger partial charge in [0.25, 0.3) is 0 Å². The van der Waals surface area contributed by atoms with Crippen LogP contribution in [0, 0.1) is 0 Å². The fourth-order valence-electron chi connectivity index (χ4n) is 0.629. The first kappa shape index (κ1) is 12.3. The number of esters is 1. The van der Waals surface area contributed by atoms with E-state index in [-0.39, 0.29) is 19.2 Å². The molecule has 1 heterocycles. The molecule has 0 radical (unpaired) electrons. The lowest BCUT2D eigenvalue weighted by atomic mass is 10.6. The van der Waals surface area contributed by atoms with Crippen molar-refractivity contribution in [1.82, 2.24) is 0 Å². The zero-order valence-electron chi connectivity index (χ0n) is 7.82. The standard InChI is InChI=1S/C4H8O3.C4H8O2/c1-4(6)7-3-2-5;1-2-6-4-3-5-1/h5H,2-3H2,1H3;1-4H2. The Morgan fingerprint density at radius 2 is 1.77 bits per heavy atom. The summed E-state index contributed by atoms with van der Waals surface area (Å²) in [4.78, 5) is 9.87. The fourth-order valence-corrected chi connectivity index (χ4v) is 0.629. The Morgan fingerprint density at radius 1 is 1.31 bits per heavy atom. The van der Waals surface area contributed by atoms with Gasteiger partial charge in [-0.15, -0.1) is 0 Å². The van der Waals surface area contributed by atoms with Crippen molar-refractivity contribution in [3.8, 4) is 0 Å². The monoisotopic (exact) mass is 192 g/mol. The van der Waals surface area contributed by atoms with E-state index in [4.69, 9.17) is 14.6 Å². The molecular weight excluding hydrogens is 176 g/mol. The van der Waals surface area contributed by atoms with Crippen LogP contribution < -0.4 is 0 Å². The highest BCUT2D eigenvalue weighted by Gasteiger charge is 1.94. The number of aliphatic hydroxyl groups is 1. The molecule has 1 N–H and O–H groups in total. The molecule has 1 fully saturated rings. The molecule has 0 amide bonds. The van der Waals surface area contributed by atoms with Crippen LogP contribution >= 0.6 is 0 Å². The van der Waals surface area contributed by atoms with E-state index < -0.39 is 0 Å². The van der Waals surface area contributed by atoms with Crippen molar-refractivity contribution in [1.29, 1.82) is 0 Å². The van der Waals surface area contributed by atoms with Gasteiger partial charge in [-0.25, -0.2) is 0 Å². The molecule has 0 unspecified atom stereocenters. The van der Waals surface area contributed by atoms with Crippen LogP contribution in [0.1, 0.15) is 6.92 Å². The van der Waals surface area contributed by atoms with Crippen LogP contribution in [0.2, 0.25) is 0 Å². The topological polar surface area (TPSA) is 65.0 Å². The summed E-state index contributed by atoms with van der Waals surface area (Å²) in [7, 11) is 0. The van der Waals surface area contributed by atoms with Crippen LogP contribution in [0.5, 0.6) is 0 Å². The second-order valence-electron chi connectivity index (χ2n) is 2.29. The summed E-state index contributed by atoms with van der Waals surface area (Å²) in [5.41, 5.74) is 0. The zero-order chi connectivity index (χ0) is 9.94. The Hall–Kier alpha value is -0.650. The molecule has 0 aromatic rings. The first-order valence-corrected chi connectivity index (χ1v) is 4.17. The van der Waals surface area contributed by atoms with Crippen molar-refractivity contribution in [3.05, 3.63) is 0 Å². The van der Waals surface area contributed by atoms with Gasteiger partial charge in [-0.1, -0.05) is 0 Å². The zero-order valence-corrected chi connectivity index (χ0v) is 7.82. The van der Waals surface area contributed by atoms with E-state index in [1.165, 1.54) is 6.92 Å². The maximum Gasteiger partial charge on any atom is 0.302 e. The van der Waals surface area contributed by atoms with Gasteiger partial charge in [-0.05, 0) is 0 Å². The van der Waals surface area contributed by atoms with Crippen molar-refractivity contribution in [2.75, 3.05) is 39.6 Å². The van der Waals surface area contributed by atoms with Crippen LogP contribution in [0.15, 0.2) is 0 Å². The number of aliphatic hydroxyl groups excluding tert-OH is 1. The maximum absolute atomic E-state index is 9.87. The number of hydrogen-bond donors (Lipinski definition) is 1. The summed E-state index contributed by atoms with van der Waals surface area (Å²) in [6, 6.07) is 0. The minimum absolute atomic E-state index is 0.0976. The molecule has 1 saturated heterocycles. The number of hydrogen-bond acceptors (Lipinski definition) is 5. The normalized spacial score (nSPS) is 15.5. The Morgan fingerprint density at radius 3 is 1.92 bits per heavy atom. The predicted molar refractivity (Wildman–Crippen MR) is 45.4 cm³/mol. The molecule has 78 valence electrons. The van der Waals surface area contributed by atoms with Crippen LogP contribution in [0.4, 0.5) is 0 Å². The van der Waals surface area contributed by atoms with Crippen LogP contribution in [-0.4, -0.2) is 50.7 Å². The van der Waals surface area contributed by atoms with Crippen molar-refractivity contribution in [3.63, 3.8) is 0 Å². The van der Waals surface area contributed by atoms with Gasteiger partial charge >= 0.3 is 5.97 Å². The predicted octanol–water partition coefficient (Wildman–Crippen LogP) is -0.425. The number of rotatable bonds is 2. The summed E-state index contributed by atoms with van der Waals surface area (Å²) in [6.07, 6.45) is 0. The molecule has 5 nitrogen and oxygen atoms in total. The second kappa shape index (κ2) is 9.44. The number of carbonyl (C=O) groups is 1. The maximum atomic E-state index is 9.87. The van der Waals surface area contributed by atoms with Crippen molar-refractivity contribution in [2.45, 2.75) is 6.92 Å². The molecule has 1 rings (SSSR count). The van der Waals surface area contributed by atoms with E-state index in [2.05, 4.69) is 4.74 Å². The molecule has 0 bridgehead atoms. The average Bonchev–Trinajstić information content (AvgIpc) is 2.18. The van der Waals surface area contributed by atoms with Gasteiger partial charge in [0.1, 0.15) is 6.61 Å². The summed E-state index contributed by atoms with van der Waals surface area (Å²) in [5, 5.41) is 8.04. The summed E-state index contributed by atoms with van der Waals surface area (Å²) < 4.78 is 14.2. The minimum atomic E-state index is -0.353. The molecule has 1 aliphatic rings. The van der Waals surface area contributed by atoms with Crippen LogP contribution in [-0.2, 0) is 19.0 Å². The molecule has 0 aromatic heterocycles. The third-order valence-corrected chi connectivity index (χ3v) is 1.14. The summed E-state index contributed by atoms with van der Waals surface area (Å²) in [5.74, 6) is -0.353. The van der Waals surface area contributed by atoms with Crippen molar-refractivity contribution in [2.24, 2.45) is 0 Å². The average molecular weight is 192 g/mol. The van der Waals surface area contributed by atoms with Gasteiger partial charge in [0, 0.05) is 6.92 Å². The molecule has 0 atom stereocenters. The van der Waals surface area contributed by atoms with E-state index in [1.807, 2.05) is 0 Å². The van der Waals surface area contributed by atoms with Gasteiger partial charge in [0.15, 0.2) is 0 Å². The van der Waals surface area contributed by atoms with E-state index in [0.29, 0.717) is 0 Å². The SMILES string of the molecule is C1COCCO1.CC(=O)OCCO. The first-order valence-electron chi connectivity index (χ1n) is 4.17. The van der Waals surface area contributed by atoms with Gasteiger partial charge in [0.05, 0.1) is 33.0 Å². The third-order valence-electron chi connectivity index (χ3n) is 1.14. The lowest BCUT2D eigenvalue weighted by molar-refractivity contribution is -0.141. The first-order chi connectivity index (χ1) is 6.27. The molecule has 0 aliphatic carbocycles. The van der Waals surface area contributed by atoms with E-state index in [0.717, 1.165) is 26.4 Å². The van der Waals surface area contributed by atoms with Gasteiger partial charge in [-0.2, -0.15) is 0 Å². The van der Waals surface area contributed by atoms with Crippen molar-refractivity contribution >= 4 is 5.97 Å². The highest BCUT2D eigenvalue weighted by Crippen LogP contribution is 1.85. The molecule has 5 heteroatoms. The van der Waals surface area contributed by atoms with Crippen LogP contribution in [0.25, 0.3) is 0 Å². The van der Waals surface area contributed by atoms with Gasteiger partial charge in [-0.3, -0.25) is 4.79 Å². The van der Waals surface area contributed by atoms with Crippen LogP contribution in [0.3, 0.4) is 0 Å². The Bertz CT molecular complexity index is 110. The number of carbonyl (C=O) groups excluding carboxylic acids is 1. The van der Waals surface area contributed by atoms with Crippen molar-refractivity contribution < 1.29 is 24.1 Å². The second-order valence-corrected chi connectivity index (χ2v) is 2.29. The molecule has 13 heavy (non-hydrogen) atoms. The van der Waals surface area contributed by atoms with E-state index >= 15 is 0 Å². The quantitative estimate of drug-likeness (QED) is 0.602. The largest absolute Gasteiger partial charge is 0.463 e. The fraction of sp³-hybridized carbons (Fsp3) is 0.875. The Kier molecular flexibility index (Phi) is 8.97. The smallest absolute Gasteiger partial charge is 0.302 e. The lowest BCUT2D eigenvalue weighted by Crippen LogP contribution is -2.16. The molecule has 0 saturated carbocycles. The van der Waals surface area contributed by atoms with E-state index in [9.17, 15) is 4.79 Å². The van der Waals surface area contributed by atoms with Gasteiger partial charge < -0.3 is 19.3 Å². The Balaban J connectivity index is 0.000000223. The Labute approximate surface area is 77.6 Å².